The van der Waals surface area contributed by atoms with E-state index in [1.807, 2.05) is 0 Å². The molecule has 5 heteroatoms. The fraction of sp³-hybridized carbons (Fsp3) is 0. The smallest absolute Gasteiger partial charge is 0.166 e. The molecule has 0 radical (unpaired) electrons. The lowest BCUT2D eigenvalue weighted by molar-refractivity contribution is 0.670. The number of rotatable bonds is 5. The van der Waals surface area contributed by atoms with E-state index < -0.39 is 125 Å². The van der Waals surface area contributed by atoms with Gasteiger partial charge in [-0.05, 0) is 24.2 Å². The Morgan fingerprint density at radius 3 is 1.66 bits per heavy atom. The van der Waals surface area contributed by atoms with Crippen molar-refractivity contribution in [2.75, 3.05) is 0 Å². The molecule has 0 aliphatic rings. The van der Waals surface area contributed by atoms with Crippen LogP contribution in [0.4, 0.5) is 0 Å². The van der Waals surface area contributed by atoms with Gasteiger partial charge in [-0.2, -0.15) is 0 Å². The second-order valence-electron chi connectivity index (χ2n) is 11.2. The van der Waals surface area contributed by atoms with Gasteiger partial charge in [-0.15, -0.1) is 0 Å². The van der Waals surface area contributed by atoms with Gasteiger partial charge in [0.1, 0.15) is 11.2 Å². The summed E-state index contributed by atoms with van der Waals surface area (Å²) in [6.07, 6.45) is 0. The minimum atomic E-state index is -0.786. The van der Waals surface area contributed by atoms with Crippen molar-refractivity contribution in [3.8, 4) is 51.0 Å². The fourth-order valence-electron chi connectivity index (χ4n) is 6.13. The molecule has 0 fully saturated rings. The summed E-state index contributed by atoms with van der Waals surface area (Å²) in [6.45, 7) is 0. The summed E-state index contributed by atoms with van der Waals surface area (Å²) in [4.78, 5) is 14.4. The summed E-state index contributed by atoms with van der Waals surface area (Å²) >= 11 is 0. The largest absolute Gasteiger partial charge is 0.455 e. The van der Waals surface area contributed by atoms with Gasteiger partial charge in [-0.1, -0.05) is 145 Å². The fourth-order valence-corrected chi connectivity index (χ4v) is 6.13. The molecule has 0 spiro atoms. The molecule has 0 atom stereocenters. The number of nitrogens with zero attached hydrogens (tertiary/aromatic N) is 4. The lowest BCUT2D eigenvalue weighted by Crippen LogP contribution is -2.05. The van der Waals surface area contributed by atoms with Gasteiger partial charge in [0.2, 0.25) is 0 Å². The van der Waals surface area contributed by atoms with Crippen LogP contribution < -0.4 is 0 Å². The van der Waals surface area contributed by atoms with Crippen molar-refractivity contribution in [1.82, 2.24) is 19.5 Å². The SMILES string of the molecule is [2H]c1cc([2H])c2c(c1[2H])c1c([2H])c([2H])cc([2H])c1n2-c1c(-c2nc(-c3ccccc3)nc(-c3ccccc3)n2)c([2H])c([2H])c([2H])c1-c1c([2H])c([2H])c([2H])c2c1oc1c([2H])c([2H])c([2H])c([2H])c12. The number of benzene rings is 7. The van der Waals surface area contributed by atoms with Gasteiger partial charge < -0.3 is 8.98 Å². The molecule has 234 valence electrons. The van der Waals surface area contributed by atoms with Crippen LogP contribution in [-0.4, -0.2) is 19.5 Å². The molecule has 3 heterocycles. The Kier molecular flexibility index (Phi) is 3.76. The first-order valence-corrected chi connectivity index (χ1v) is 15.4. The van der Waals surface area contributed by atoms with E-state index in [2.05, 4.69) is 0 Å². The van der Waals surface area contributed by atoms with Gasteiger partial charge in [-0.25, -0.2) is 15.0 Å². The van der Waals surface area contributed by atoms with E-state index >= 15 is 0 Å². The highest BCUT2D eigenvalue weighted by Crippen LogP contribution is 2.44. The number of aromatic nitrogens is 4. The topological polar surface area (TPSA) is 56.7 Å². The second kappa shape index (κ2) is 11.4. The van der Waals surface area contributed by atoms with Crippen LogP contribution >= 0.6 is 0 Å². The molecule has 0 amide bonds. The number of hydrogen-bond donors (Lipinski definition) is 0. The summed E-state index contributed by atoms with van der Waals surface area (Å²) in [5.41, 5.74) is -2.13. The molecule has 5 nitrogen and oxygen atoms in total. The maximum Gasteiger partial charge on any atom is 0.166 e. The standard InChI is InChI=1S/C45H28N4O/c1-3-15-29(16-4-1)43-46-44(30-17-5-2-6-18-30)48-45(47-43)37-25-13-22-34(36-24-14-23-35-33-21-9-12-28-40(33)50-42(35)36)41(37)49-38-26-10-7-19-31(38)32-20-8-11-27-39(32)49/h1-28H/i7D,8D,9D,12D,13D,14D,19D,20D,21D,22D,23D,24D,25D,26D,27D,28D. The molecule has 0 saturated carbocycles. The normalized spacial score (nSPS) is 16.1. The van der Waals surface area contributed by atoms with Gasteiger partial charge in [-0.3, -0.25) is 0 Å². The lowest BCUT2D eigenvalue weighted by Gasteiger charge is -2.19. The van der Waals surface area contributed by atoms with Gasteiger partial charge >= 0.3 is 0 Å². The number of hydrogen-bond acceptors (Lipinski definition) is 4. The van der Waals surface area contributed by atoms with E-state index in [9.17, 15) is 8.22 Å². The molecule has 10 rings (SSSR count). The minimum absolute atomic E-state index is 0.0909. The van der Waals surface area contributed by atoms with Crippen LogP contribution in [0.25, 0.3) is 94.7 Å². The predicted molar refractivity (Wildman–Crippen MR) is 203 cm³/mol. The molecule has 0 bridgehead atoms. The predicted octanol–water partition coefficient (Wildman–Crippen LogP) is 11.5. The van der Waals surface area contributed by atoms with Crippen molar-refractivity contribution < 1.29 is 26.3 Å². The lowest BCUT2D eigenvalue weighted by atomic mass is 9.97. The van der Waals surface area contributed by atoms with E-state index in [4.69, 9.17) is 33.1 Å². The molecule has 10 aromatic rings. The Labute approximate surface area is 310 Å². The summed E-state index contributed by atoms with van der Waals surface area (Å²) < 4.78 is 153. The average molecular weight is 657 g/mol. The highest BCUT2D eigenvalue weighted by atomic mass is 16.3. The van der Waals surface area contributed by atoms with Crippen molar-refractivity contribution in [2.24, 2.45) is 0 Å². The van der Waals surface area contributed by atoms with Gasteiger partial charge in [0.25, 0.3) is 0 Å². The van der Waals surface area contributed by atoms with E-state index in [1.54, 1.807) is 60.7 Å². The first-order chi connectivity index (χ1) is 31.4. The summed E-state index contributed by atoms with van der Waals surface area (Å²) in [5.74, 6) is -0.117. The third kappa shape index (κ3) is 4.45. The summed E-state index contributed by atoms with van der Waals surface area (Å²) in [7, 11) is 0. The molecular formula is C45H28N4O. The van der Waals surface area contributed by atoms with E-state index in [0.29, 0.717) is 11.1 Å². The molecule has 3 aromatic heterocycles. The molecular weight excluding hydrogens is 613 g/mol. The van der Waals surface area contributed by atoms with Crippen LogP contribution in [0.2, 0.25) is 0 Å². The molecule has 0 saturated heterocycles. The highest BCUT2D eigenvalue weighted by molar-refractivity contribution is 6.13. The third-order valence-electron chi connectivity index (χ3n) is 8.31. The van der Waals surface area contributed by atoms with Crippen molar-refractivity contribution in [3.05, 3.63) is 169 Å². The van der Waals surface area contributed by atoms with Crippen LogP contribution in [0, 0.1) is 0 Å². The zero-order valence-electron chi connectivity index (χ0n) is 41.6. The van der Waals surface area contributed by atoms with E-state index in [0.717, 1.165) is 12.1 Å². The Balaban J connectivity index is 1.52. The van der Waals surface area contributed by atoms with Crippen LogP contribution in [0.3, 0.4) is 0 Å². The van der Waals surface area contributed by atoms with Crippen LogP contribution in [-0.2, 0) is 0 Å². The Morgan fingerprint density at radius 1 is 0.440 bits per heavy atom. The molecule has 50 heavy (non-hydrogen) atoms. The quantitative estimate of drug-likeness (QED) is 0.185. The zero-order valence-corrected chi connectivity index (χ0v) is 25.6. The van der Waals surface area contributed by atoms with Crippen molar-refractivity contribution in [1.29, 1.82) is 0 Å². The third-order valence-corrected chi connectivity index (χ3v) is 8.31. The highest BCUT2D eigenvalue weighted by Gasteiger charge is 2.24. The summed E-state index contributed by atoms with van der Waals surface area (Å²) in [5, 5.41) is -1.05. The monoisotopic (exact) mass is 656 g/mol. The molecule has 0 aliphatic carbocycles. The zero-order chi connectivity index (χ0) is 46.9. The second-order valence-corrected chi connectivity index (χ2v) is 11.2. The molecule has 7 aromatic carbocycles. The first-order valence-electron chi connectivity index (χ1n) is 23.4. The van der Waals surface area contributed by atoms with Crippen LogP contribution in [0.15, 0.2) is 174 Å². The maximum atomic E-state index is 9.72. The number of furan rings is 1. The number of fused-ring (bicyclic) bond motifs is 6. The average Bonchev–Trinajstić information content (AvgIpc) is 3.89. The van der Waals surface area contributed by atoms with Gasteiger partial charge in [0.05, 0.1) is 38.7 Å². The Hall–Kier alpha value is -6.85. The van der Waals surface area contributed by atoms with Gasteiger partial charge in [0, 0.05) is 49.4 Å². The molecule has 0 aliphatic heterocycles. The maximum absolute atomic E-state index is 9.72. The molecule has 0 N–H and O–H groups in total. The van der Waals surface area contributed by atoms with Gasteiger partial charge in [0.15, 0.2) is 17.5 Å². The van der Waals surface area contributed by atoms with E-state index in [1.165, 1.54) is 4.57 Å². The Morgan fingerprint density at radius 2 is 0.980 bits per heavy atom. The Bertz CT molecular complexity index is 3650. The van der Waals surface area contributed by atoms with Crippen molar-refractivity contribution in [2.45, 2.75) is 0 Å². The van der Waals surface area contributed by atoms with E-state index in [-0.39, 0.29) is 55.6 Å². The van der Waals surface area contributed by atoms with Crippen LogP contribution in [0.5, 0.6) is 0 Å². The first kappa shape index (κ1) is 16.5. The van der Waals surface area contributed by atoms with Crippen molar-refractivity contribution in [3.63, 3.8) is 0 Å². The van der Waals surface area contributed by atoms with Crippen LogP contribution in [0.1, 0.15) is 21.9 Å². The number of para-hydroxylation sites is 5. The van der Waals surface area contributed by atoms with Crippen molar-refractivity contribution >= 4 is 43.7 Å². The minimum Gasteiger partial charge on any atom is -0.455 e. The summed E-state index contributed by atoms with van der Waals surface area (Å²) in [6, 6.07) is 9.79. The molecule has 0 unspecified atom stereocenters.